The summed E-state index contributed by atoms with van der Waals surface area (Å²) in [6, 6.07) is 17.0. The van der Waals surface area contributed by atoms with E-state index < -0.39 is 20.2 Å². The molecule has 32 heavy (non-hydrogen) atoms. The molecule has 0 saturated heterocycles. The Balaban J connectivity index is 0.000000301. The van der Waals surface area contributed by atoms with Crippen LogP contribution in [0.15, 0.2) is 82.6 Å². The Kier molecular flexibility index (Phi) is 10.2. The van der Waals surface area contributed by atoms with Crippen LogP contribution in [-0.2, 0) is 20.2 Å². The van der Waals surface area contributed by atoms with E-state index in [9.17, 15) is 36.2 Å². The normalized spacial score (nSPS) is 11.1. The van der Waals surface area contributed by atoms with Crippen molar-refractivity contribution < 1.29 is 95.3 Å². The maximum atomic E-state index is 10.7. The van der Waals surface area contributed by atoms with Crippen molar-refractivity contribution in [1.82, 2.24) is 0 Å². The topological polar surface area (TPSA) is 155 Å². The van der Waals surface area contributed by atoms with Crippen LogP contribution in [0.5, 0.6) is 11.5 Å². The van der Waals surface area contributed by atoms with Gasteiger partial charge in [-0.1, -0.05) is 24.3 Å². The zero-order valence-electron chi connectivity index (χ0n) is 17.1. The van der Waals surface area contributed by atoms with Gasteiger partial charge in [0.15, 0.2) is 0 Å². The zero-order valence-corrected chi connectivity index (χ0v) is 22.7. The molecule has 0 heterocycles. The maximum Gasteiger partial charge on any atom is 1.00 e. The average Bonchev–Trinajstić information content (AvgIpc) is 2.66. The summed E-state index contributed by atoms with van der Waals surface area (Å²) in [4.78, 5) is -0.527. The second-order valence-electron chi connectivity index (χ2n) is 6.29. The van der Waals surface area contributed by atoms with Crippen LogP contribution in [0.2, 0.25) is 0 Å². The molecular formula is C20H14Na2O8S2. The molecule has 4 rings (SSSR count). The van der Waals surface area contributed by atoms with Gasteiger partial charge in [-0.25, -0.2) is 16.8 Å². The Bertz CT molecular complexity index is 1360. The molecule has 2 N–H and O–H groups in total. The zero-order chi connectivity index (χ0) is 22.1. The van der Waals surface area contributed by atoms with E-state index in [1.165, 1.54) is 60.7 Å². The third-order valence-electron chi connectivity index (χ3n) is 4.17. The first kappa shape index (κ1) is 28.9. The van der Waals surface area contributed by atoms with E-state index in [0.717, 1.165) is 0 Å². The smallest absolute Gasteiger partial charge is 0.744 e. The van der Waals surface area contributed by atoms with Gasteiger partial charge in [-0.2, -0.15) is 0 Å². The minimum atomic E-state index is -4.42. The molecule has 0 unspecified atom stereocenters. The van der Waals surface area contributed by atoms with E-state index in [2.05, 4.69) is 0 Å². The molecule has 0 atom stereocenters. The molecule has 0 saturated carbocycles. The fourth-order valence-corrected chi connectivity index (χ4v) is 3.75. The van der Waals surface area contributed by atoms with Crippen LogP contribution in [0.25, 0.3) is 21.5 Å². The van der Waals surface area contributed by atoms with E-state index in [1.807, 2.05) is 0 Å². The van der Waals surface area contributed by atoms with E-state index in [-0.39, 0.29) is 80.4 Å². The minimum Gasteiger partial charge on any atom is -0.744 e. The molecule has 0 aliphatic carbocycles. The van der Waals surface area contributed by atoms with Crippen molar-refractivity contribution in [2.75, 3.05) is 0 Å². The first-order chi connectivity index (χ1) is 13.9. The summed E-state index contributed by atoms with van der Waals surface area (Å²) in [5.41, 5.74) is 0. The Morgan fingerprint density at radius 1 is 0.500 bits per heavy atom. The summed E-state index contributed by atoms with van der Waals surface area (Å²) < 4.78 is 64.4. The summed E-state index contributed by atoms with van der Waals surface area (Å²) in [5, 5.41) is 20.9. The number of phenolic OH excluding ortho intramolecular Hbond substituents is 2. The fraction of sp³-hybridized carbons (Fsp3) is 0. The molecule has 156 valence electrons. The molecule has 0 aliphatic rings. The van der Waals surface area contributed by atoms with Gasteiger partial charge < -0.3 is 19.3 Å². The second-order valence-corrected chi connectivity index (χ2v) is 9.05. The van der Waals surface area contributed by atoms with Gasteiger partial charge in [-0.3, -0.25) is 0 Å². The van der Waals surface area contributed by atoms with Crippen LogP contribution in [0, 0.1) is 0 Å². The first-order valence-electron chi connectivity index (χ1n) is 8.31. The monoisotopic (exact) mass is 492 g/mol. The Hall–Kier alpha value is -1.18. The van der Waals surface area contributed by atoms with Gasteiger partial charge in [0.25, 0.3) is 0 Å². The molecular weight excluding hydrogens is 478 g/mol. The van der Waals surface area contributed by atoms with Crippen LogP contribution in [0.1, 0.15) is 0 Å². The third-order valence-corrected chi connectivity index (χ3v) is 5.83. The quantitative estimate of drug-likeness (QED) is 0.220. The Labute approximate surface area is 229 Å². The van der Waals surface area contributed by atoms with Gasteiger partial charge >= 0.3 is 59.1 Å². The molecule has 0 aromatic heterocycles. The van der Waals surface area contributed by atoms with Gasteiger partial charge in [0.05, 0.1) is 9.79 Å². The Morgan fingerprint density at radius 3 is 1.09 bits per heavy atom. The number of hydrogen-bond donors (Lipinski definition) is 2. The van der Waals surface area contributed by atoms with Crippen molar-refractivity contribution in [1.29, 1.82) is 0 Å². The van der Waals surface area contributed by atoms with Crippen molar-refractivity contribution >= 4 is 41.8 Å². The van der Waals surface area contributed by atoms with Crippen molar-refractivity contribution in [2.24, 2.45) is 0 Å². The van der Waals surface area contributed by atoms with Crippen LogP contribution < -0.4 is 59.1 Å². The summed E-state index contributed by atoms with van der Waals surface area (Å²) in [7, 11) is -8.83. The van der Waals surface area contributed by atoms with Gasteiger partial charge in [-0.05, 0) is 70.1 Å². The second kappa shape index (κ2) is 11.3. The van der Waals surface area contributed by atoms with E-state index in [1.54, 1.807) is 12.1 Å². The van der Waals surface area contributed by atoms with E-state index in [4.69, 9.17) is 0 Å². The van der Waals surface area contributed by atoms with Crippen molar-refractivity contribution in [3.8, 4) is 11.5 Å². The van der Waals surface area contributed by atoms with Crippen LogP contribution in [0.4, 0.5) is 0 Å². The average molecular weight is 492 g/mol. The third kappa shape index (κ3) is 7.42. The molecule has 0 aliphatic heterocycles. The molecule has 12 heteroatoms. The van der Waals surface area contributed by atoms with Gasteiger partial charge in [0.1, 0.15) is 31.7 Å². The maximum absolute atomic E-state index is 10.7. The summed E-state index contributed by atoms with van der Waals surface area (Å²) in [6.45, 7) is 0. The first-order valence-corrected chi connectivity index (χ1v) is 11.1. The summed E-state index contributed by atoms with van der Waals surface area (Å²) in [6.07, 6.45) is 0. The summed E-state index contributed by atoms with van der Waals surface area (Å²) >= 11 is 0. The fourth-order valence-electron chi connectivity index (χ4n) is 2.73. The van der Waals surface area contributed by atoms with Gasteiger partial charge in [0, 0.05) is 0 Å². The summed E-state index contributed by atoms with van der Waals surface area (Å²) in [5.74, 6) is 0.195. The van der Waals surface area contributed by atoms with E-state index in [0.29, 0.717) is 21.5 Å². The molecule has 0 spiro atoms. The number of fused-ring (bicyclic) bond motifs is 2. The van der Waals surface area contributed by atoms with Crippen molar-refractivity contribution in [2.45, 2.75) is 9.79 Å². The molecule has 0 amide bonds. The SMILES string of the molecule is O=S(=O)([O-])c1ccc2cc(O)ccc2c1.O=S(=O)([O-])c1ccc2cc(O)ccc2c1.[Na+].[Na+]. The van der Waals surface area contributed by atoms with Crippen LogP contribution in [-0.4, -0.2) is 36.2 Å². The van der Waals surface area contributed by atoms with Gasteiger partial charge in [-0.15, -0.1) is 0 Å². The molecule has 4 aromatic rings. The van der Waals surface area contributed by atoms with E-state index >= 15 is 0 Å². The predicted molar refractivity (Wildman–Crippen MR) is 107 cm³/mol. The van der Waals surface area contributed by atoms with Crippen LogP contribution >= 0.6 is 0 Å². The molecule has 0 radical (unpaired) electrons. The number of phenols is 2. The largest absolute Gasteiger partial charge is 1.00 e. The molecule has 8 nitrogen and oxygen atoms in total. The number of rotatable bonds is 2. The number of aromatic hydroxyl groups is 2. The standard InChI is InChI=1S/2C10H8O4S.2Na/c2*11-9-3-1-8-6-10(15(12,13)14)4-2-7(8)5-9;;/h2*1-6,11H,(H,12,13,14);;/q;;2*+1/p-2. The molecule has 0 fully saturated rings. The van der Waals surface area contributed by atoms with Gasteiger partial charge in [0.2, 0.25) is 0 Å². The number of hydrogen-bond acceptors (Lipinski definition) is 8. The van der Waals surface area contributed by atoms with Crippen molar-refractivity contribution in [3.05, 3.63) is 72.8 Å². The molecule has 4 aromatic carbocycles. The predicted octanol–water partition coefficient (Wildman–Crippen LogP) is -3.09. The molecule has 0 bridgehead atoms. The van der Waals surface area contributed by atoms with Crippen molar-refractivity contribution in [3.63, 3.8) is 0 Å². The number of benzene rings is 4. The minimum absolute atomic E-state index is 0. The Morgan fingerprint density at radius 2 is 0.781 bits per heavy atom. The van der Waals surface area contributed by atoms with Crippen LogP contribution in [0.3, 0.4) is 0 Å².